The average molecular weight is 148 g/mol. The van der Waals surface area contributed by atoms with Gasteiger partial charge >= 0.3 is 0 Å². The average Bonchev–Trinajstić information content (AvgIpc) is 1.63. The molecule has 0 aliphatic heterocycles. The summed E-state index contributed by atoms with van der Waals surface area (Å²) in [5.41, 5.74) is 0. The third-order valence-electron chi connectivity index (χ3n) is 0.767. The maximum Gasteiger partial charge on any atom is 0.162 e. The molecule has 0 spiro atoms. The molecular weight excluding hydrogens is 136 g/mol. The van der Waals surface area contributed by atoms with Crippen molar-refractivity contribution < 1.29 is 9.84 Å². The highest BCUT2D eigenvalue weighted by Crippen LogP contribution is 1.94. The van der Waals surface area contributed by atoms with E-state index >= 15 is 0 Å². The number of aliphatic hydroxyl groups excluding tert-OH is 1. The van der Waals surface area contributed by atoms with E-state index in [1.807, 2.05) is 6.92 Å². The number of aliphatic hydroxyl groups is 1. The van der Waals surface area contributed by atoms with Crippen molar-refractivity contribution in [1.82, 2.24) is 0 Å². The molecule has 0 aromatic rings. The van der Waals surface area contributed by atoms with E-state index in [1.54, 1.807) is 6.92 Å². The normalized spacial score (nSPS) is 12.8. The highest BCUT2D eigenvalue weighted by Gasteiger charge is 2.00. The highest BCUT2D eigenvalue weighted by atomic mass is 32.1. The van der Waals surface area contributed by atoms with Gasteiger partial charge in [0.2, 0.25) is 0 Å². The summed E-state index contributed by atoms with van der Waals surface area (Å²) in [6, 6.07) is 0. The van der Waals surface area contributed by atoms with Crippen LogP contribution in [0.5, 0.6) is 0 Å². The topological polar surface area (TPSA) is 29.5 Å². The molecule has 9 heavy (non-hydrogen) atoms. The van der Waals surface area contributed by atoms with E-state index in [0.717, 1.165) is 0 Å². The van der Waals surface area contributed by atoms with Crippen LogP contribution in [0.3, 0.4) is 0 Å². The molecule has 0 aromatic heterocycles. The van der Waals surface area contributed by atoms with Gasteiger partial charge in [0, 0.05) is 6.42 Å². The summed E-state index contributed by atoms with van der Waals surface area (Å²) in [7, 11) is 0. The van der Waals surface area contributed by atoms with Gasteiger partial charge in [-0.3, -0.25) is 0 Å². The quantitative estimate of drug-likeness (QED) is 0.608. The lowest BCUT2D eigenvalue weighted by molar-refractivity contribution is 0.192. The van der Waals surface area contributed by atoms with E-state index in [0.29, 0.717) is 18.1 Å². The molecular formula is C6H12O2S. The second-order valence-corrected chi connectivity index (χ2v) is 2.31. The number of hydrogen-bond acceptors (Lipinski definition) is 3. The summed E-state index contributed by atoms with van der Waals surface area (Å²) >= 11 is 4.75. The molecule has 0 rings (SSSR count). The monoisotopic (exact) mass is 148 g/mol. The Hall–Kier alpha value is -0.150. The first kappa shape index (κ1) is 8.85. The zero-order valence-corrected chi connectivity index (χ0v) is 6.57. The molecule has 54 valence electrons. The summed E-state index contributed by atoms with van der Waals surface area (Å²) in [6.45, 7) is 4.14. The standard InChI is InChI=1S/C6H12O2S/c1-3-8-6(9)4-5(2)7/h5,7H,3-4H2,1-2H3/t5-/m1/s1. The van der Waals surface area contributed by atoms with Gasteiger partial charge in [-0.1, -0.05) is 0 Å². The molecule has 0 amide bonds. The Balaban J connectivity index is 3.27. The fourth-order valence-corrected chi connectivity index (χ4v) is 0.820. The fraction of sp³-hybridized carbons (Fsp3) is 0.833. The molecule has 0 saturated carbocycles. The SMILES string of the molecule is CCOC(=S)C[C@@H](C)O. The molecule has 0 bridgehead atoms. The van der Waals surface area contributed by atoms with Crippen molar-refractivity contribution in [2.24, 2.45) is 0 Å². The van der Waals surface area contributed by atoms with Crippen LogP contribution in [0.1, 0.15) is 20.3 Å². The van der Waals surface area contributed by atoms with Crippen molar-refractivity contribution in [3.05, 3.63) is 0 Å². The minimum Gasteiger partial charge on any atom is -0.487 e. The maximum atomic E-state index is 8.78. The predicted molar refractivity (Wildman–Crippen MR) is 40.5 cm³/mol. The van der Waals surface area contributed by atoms with Crippen LogP contribution < -0.4 is 0 Å². The molecule has 0 aliphatic carbocycles. The minimum absolute atomic E-state index is 0.385. The van der Waals surface area contributed by atoms with Crippen LogP contribution in [0.2, 0.25) is 0 Å². The van der Waals surface area contributed by atoms with Gasteiger partial charge < -0.3 is 9.84 Å². The van der Waals surface area contributed by atoms with E-state index in [9.17, 15) is 0 Å². The predicted octanol–water partition coefficient (Wildman–Crippen LogP) is 1.12. The van der Waals surface area contributed by atoms with Crippen molar-refractivity contribution in [2.75, 3.05) is 6.61 Å². The van der Waals surface area contributed by atoms with Gasteiger partial charge in [0.05, 0.1) is 12.7 Å². The number of thiocarbonyl (C=S) groups is 1. The second-order valence-electron chi connectivity index (χ2n) is 1.86. The van der Waals surface area contributed by atoms with Crippen molar-refractivity contribution in [3.8, 4) is 0 Å². The van der Waals surface area contributed by atoms with Crippen molar-refractivity contribution in [1.29, 1.82) is 0 Å². The Morgan fingerprint density at radius 3 is 2.67 bits per heavy atom. The van der Waals surface area contributed by atoms with Crippen LogP contribution in [0.4, 0.5) is 0 Å². The second kappa shape index (κ2) is 4.70. The summed E-state index contributed by atoms with van der Waals surface area (Å²) in [4.78, 5) is 0. The summed E-state index contributed by atoms with van der Waals surface area (Å²) in [5.74, 6) is 0. The molecule has 1 N–H and O–H groups in total. The van der Waals surface area contributed by atoms with E-state index in [-0.39, 0.29) is 6.10 Å². The largest absolute Gasteiger partial charge is 0.487 e. The van der Waals surface area contributed by atoms with Crippen LogP contribution in [-0.4, -0.2) is 22.9 Å². The zero-order chi connectivity index (χ0) is 7.28. The van der Waals surface area contributed by atoms with Crippen LogP contribution in [0.25, 0.3) is 0 Å². The fourth-order valence-electron chi connectivity index (χ4n) is 0.461. The zero-order valence-electron chi connectivity index (χ0n) is 5.76. The van der Waals surface area contributed by atoms with Crippen molar-refractivity contribution in [3.63, 3.8) is 0 Å². The van der Waals surface area contributed by atoms with E-state index in [4.69, 9.17) is 22.1 Å². The summed E-state index contributed by atoms with van der Waals surface area (Å²) in [5, 5.41) is 9.27. The lowest BCUT2D eigenvalue weighted by atomic mass is 10.3. The first-order chi connectivity index (χ1) is 4.16. The van der Waals surface area contributed by atoms with Crippen LogP contribution in [0, 0.1) is 0 Å². The smallest absolute Gasteiger partial charge is 0.162 e. The third-order valence-corrected chi connectivity index (χ3v) is 1.05. The van der Waals surface area contributed by atoms with Gasteiger partial charge in [0.15, 0.2) is 5.05 Å². The van der Waals surface area contributed by atoms with Crippen LogP contribution >= 0.6 is 12.2 Å². The van der Waals surface area contributed by atoms with Gasteiger partial charge in [-0.2, -0.15) is 0 Å². The first-order valence-electron chi connectivity index (χ1n) is 3.00. The Morgan fingerprint density at radius 2 is 2.33 bits per heavy atom. The molecule has 1 atom stereocenters. The number of hydrogen-bond donors (Lipinski definition) is 1. The lowest BCUT2D eigenvalue weighted by Crippen LogP contribution is -2.10. The maximum absolute atomic E-state index is 8.78. The van der Waals surface area contributed by atoms with Gasteiger partial charge in [0.1, 0.15) is 0 Å². The molecule has 0 aromatic carbocycles. The molecule has 0 fully saturated rings. The summed E-state index contributed by atoms with van der Waals surface area (Å²) < 4.78 is 4.92. The first-order valence-corrected chi connectivity index (χ1v) is 3.41. The Kier molecular flexibility index (Phi) is 4.62. The van der Waals surface area contributed by atoms with E-state index in [1.165, 1.54) is 0 Å². The molecule has 3 heteroatoms. The number of rotatable bonds is 3. The lowest BCUT2D eigenvalue weighted by Gasteiger charge is -2.05. The van der Waals surface area contributed by atoms with Gasteiger partial charge in [0.25, 0.3) is 0 Å². The Labute approximate surface area is 60.8 Å². The van der Waals surface area contributed by atoms with Gasteiger partial charge in [-0.25, -0.2) is 0 Å². The van der Waals surface area contributed by atoms with Crippen molar-refractivity contribution >= 4 is 17.3 Å². The van der Waals surface area contributed by atoms with E-state index in [2.05, 4.69) is 0 Å². The van der Waals surface area contributed by atoms with Gasteiger partial charge in [-0.15, -0.1) is 0 Å². The highest BCUT2D eigenvalue weighted by molar-refractivity contribution is 7.80. The summed E-state index contributed by atoms with van der Waals surface area (Å²) in [6.07, 6.45) is 0.0763. The Bertz CT molecular complexity index is 91.1. The van der Waals surface area contributed by atoms with Gasteiger partial charge in [-0.05, 0) is 26.1 Å². The molecule has 0 saturated heterocycles. The van der Waals surface area contributed by atoms with Crippen LogP contribution in [-0.2, 0) is 4.74 Å². The van der Waals surface area contributed by atoms with Crippen molar-refractivity contribution in [2.45, 2.75) is 26.4 Å². The molecule has 0 unspecified atom stereocenters. The number of ether oxygens (including phenoxy) is 1. The van der Waals surface area contributed by atoms with Crippen LogP contribution in [0.15, 0.2) is 0 Å². The third kappa shape index (κ3) is 5.73. The molecule has 2 nitrogen and oxygen atoms in total. The minimum atomic E-state index is -0.385. The van der Waals surface area contributed by atoms with E-state index < -0.39 is 0 Å². The molecule has 0 aliphatic rings. The Morgan fingerprint density at radius 1 is 1.78 bits per heavy atom. The molecule has 0 radical (unpaired) electrons. The molecule has 0 heterocycles.